The zero-order valence-corrected chi connectivity index (χ0v) is 17.2. The van der Waals surface area contributed by atoms with Gasteiger partial charge in [0.25, 0.3) is 5.91 Å². The number of amides is 1. The monoisotopic (exact) mass is 499 g/mol. The molecule has 0 bridgehead atoms. The molecule has 0 radical (unpaired) electrons. The highest BCUT2D eigenvalue weighted by Gasteiger charge is 2.23. The molecule has 0 aliphatic carbocycles. The molecule has 3 N–H and O–H groups in total. The minimum atomic E-state index is -1.10. The van der Waals surface area contributed by atoms with E-state index >= 15 is 0 Å². The van der Waals surface area contributed by atoms with E-state index in [4.69, 9.17) is 9.94 Å². The van der Waals surface area contributed by atoms with Gasteiger partial charge in [-0.3, -0.25) is 9.63 Å². The van der Waals surface area contributed by atoms with E-state index in [2.05, 4.69) is 10.5 Å². The van der Waals surface area contributed by atoms with E-state index in [1.54, 1.807) is 42.1 Å². The van der Waals surface area contributed by atoms with Crippen molar-refractivity contribution >= 4 is 39.5 Å². The Morgan fingerprint density at radius 2 is 2.21 bits per heavy atom. The van der Waals surface area contributed by atoms with Gasteiger partial charge in [-0.25, -0.2) is 14.9 Å². The van der Waals surface area contributed by atoms with Gasteiger partial charge < -0.3 is 14.8 Å². The summed E-state index contributed by atoms with van der Waals surface area (Å²) in [5, 5.41) is 18.8. The largest absolute Gasteiger partial charge is 0.394 e. The fraction of sp³-hybridized carbons (Fsp3) is 0.263. The molecule has 1 atom stereocenters. The van der Waals surface area contributed by atoms with E-state index in [-0.39, 0.29) is 18.8 Å². The van der Waals surface area contributed by atoms with Crippen LogP contribution in [0.3, 0.4) is 0 Å². The summed E-state index contributed by atoms with van der Waals surface area (Å²) in [6.07, 6.45) is 0.709. The number of aromatic nitrogens is 2. The van der Waals surface area contributed by atoms with E-state index in [0.717, 1.165) is 3.57 Å². The molecule has 7 nitrogen and oxygen atoms in total. The number of hydroxylamine groups is 1. The molecular formula is C19H19FIN3O4. The zero-order chi connectivity index (χ0) is 20.3. The van der Waals surface area contributed by atoms with Crippen LogP contribution >= 0.6 is 22.6 Å². The maximum atomic E-state index is 14.4. The number of nitrogens with one attached hydrogen (secondary N) is 1. The van der Waals surface area contributed by atoms with Crippen molar-refractivity contribution in [1.82, 2.24) is 15.0 Å². The number of carbonyl (C=O) groups is 1. The number of hydrogen-bond acceptors (Lipinski definition) is 5. The van der Waals surface area contributed by atoms with Crippen LogP contribution in [0.15, 0.2) is 36.5 Å². The lowest BCUT2D eigenvalue weighted by molar-refractivity contribution is -0.0295. The quantitative estimate of drug-likeness (QED) is 0.341. The number of hydrogen-bond donors (Lipinski definition) is 3. The Kier molecular flexibility index (Phi) is 6.60. The smallest absolute Gasteiger partial charge is 0.277 e. The number of fused-ring (bicyclic) bond motifs is 1. The summed E-state index contributed by atoms with van der Waals surface area (Å²) in [6.45, 7) is -0.738. The molecule has 0 saturated heterocycles. The van der Waals surface area contributed by atoms with Gasteiger partial charge in [0.2, 0.25) is 0 Å². The van der Waals surface area contributed by atoms with Gasteiger partial charge in [0.1, 0.15) is 24.2 Å². The fourth-order valence-corrected chi connectivity index (χ4v) is 3.38. The summed E-state index contributed by atoms with van der Waals surface area (Å²) in [7, 11) is 1.77. The number of halogens is 2. The molecule has 0 fully saturated rings. The lowest BCUT2D eigenvalue weighted by atomic mass is 10.0. The fourth-order valence-electron chi connectivity index (χ4n) is 2.92. The first-order valence-electron chi connectivity index (χ1n) is 8.49. The molecule has 3 rings (SSSR count). The molecule has 3 aromatic rings. The van der Waals surface area contributed by atoms with E-state index in [0.29, 0.717) is 27.9 Å². The third kappa shape index (κ3) is 4.32. The highest BCUT2D eigenvalue weighted by Crippen LogP contribution is 2.27. The van der Waals surface area contributed by atoms with Crippen LogP contribution in [0.25, 0.3) is 11.0 Å². The van der Waals surface area contributed by atoms with Crippen molar-refractivity contribution in [3.8, 4) is 0 Å². The number of aliphatic hydroxyl groups excluding tert-OH is 2. The molecule has 9 heteroatoms. The van der Waals surface area contributed by atoms with Gasteiger partial charge >= 0.3 is 0 Å². The predicted octanol–water partition coefficient (Wildman–Crippen LogP) is 1.92. The molecule has 28 heavy (non-hydrogen) atoms. The molecule has 1 aromatic carbocycles. The average Bonchev–Trinajstić information content (AvgIpc) is 2.96. The Balaban J connectivity index is 1.98. The van der Waals surface area contributed by atoms with Crippen LogP contribution in [0.2, 0.25) is 0 Å². The summed E-state index contributed by atoms with van der Waals surface area (Å²) in [6, 6.07) is 8.41. The van der Waals surface area contributed by atoms with Crippen molar-refractivity contribution in [3.63, 3.8) is 0 Å². The third-order valence-electron chi connectivity index (χ3n) is 4.32. The summed E-state index contributed by atoms with van der Waals surface area (Å²) in [5.74, 6) is -0.886. The molecule has 2 aromatic heterocycles. The summed E-state index contributed by atoms with van der Waals surface area (Å²) < 4.78 is 16.9. The number of aryl methyl sites for hydroxylation is 1. The molecule has 0 saturated carbocycles. The van der Waals surface area contributed by atoms with Gasteiger partial charge in [-0.05, 0) is 52.4 Å². The molecule has 148 valence electrons. The topological polar surface area (TPSA) is 96.6 Å². The maximum absolute atomic E-state index is 14.4. The highest BCUT2D eigenvalue weighted by atomic mass is 127. The number of benzene rings is 1. The Morgan fingerprint density at radius 3 is 2.93 bits per heavy atom. The van der Waals surface area contributed by atoms with Gasteiger partial charge in [0.15, 0.2) is 0 Å². The third-order valence-corrected chi connectivity index (χ3v) is 4.99. The van der Waals surface area contributed by atoms with Crippen molar-refractivity contribution in [2.75, 3.05) is 13.2 Å². The van der Waals surface area contributed by atoms with Crippen molar-refractivity contribution in [2.45, 2.75) is 12.5 Å². The number of nitrogens with zero attached hydrogens (tertiary/aromatic N) is 2. The van der Waals surface area contributed by atoms with Crippen LogP contribution in [-0.4, -0.2) is 45.0 Å². The summed E-state index contributed by atoms with van der Waals surface area (Å²) in [5.41, 5.74) is 4.22. The van der Waals surface area contributed by atoms with Crippen LogP contribution in [0, 0.1) is 9.39 Å². The minimum absolute atomic E-state index is 0.192. The Morgan fingerprint density at radius 1 is 1.43 bits per heavy atom. The van der Waals surface area contributed by atoms with Gasteiger partial charge in [-0.15, -0.1) is 0 Å². The molecule has 0 spiro atoms. The van der Waals surface area contributed by atoms with Crippen LogP contribution in [0.1, 0.15) is 21.6 Å². The second-order valence-corrected chi connectivity index (χ2v) is 7.49. The number of rotatable bonds is 7. The second kappa shape index (κ2) is 8.95. The van der Waals surface area contributed by atoms with Gasteiger partial charge in [-0.1, -0.05) is 6.07 Å². The molecular weight excluding hydrogens is 480 g/mol. The van der Waals surface area contributed by atoms with E-state index in [9.17, 15) is 14.3 Å². The zero-order valence-electron chi connectivity index (χ0n) is 15.0. The van der Waals surface area contributed by atoms with E-state index < -0.39 is 18.6 Å². The highest BCUT2D eigenvalue weighted by molar-refractivity contribution is 14.1. The Bertz CT molecular complexity index is 1010. The molecule has 0 aliphatic heterocycles. The average molecular weight is 499 g/mol. The van der Waals surface area contributed by atoms with E-state index in [1.165, 1.54) is 6.07 Å². The van der Waals surface area contributed by atoms with Gasteiger partial charge in [0.05, 0.1) is 12.2 Å². The molecule has 0 unspecified atom stereocenters. The van der Waals surface area contributed by atoms with Crippen molar-refractivity contribution in [3.05, 3.63) is 62.7 Å². The molecule has 0 aliphatic rings. The SMILES string of the molecule is Cn1c(Cc2ccc(I)cc2F)c(C(=O)NOC[C@@H](O)CO)c2cccnc21. The standard InChI is InChI=1S/C19H19FIN3O4/c1-24-16(7-11-4-5-12(21)8-15(11)20)17(14-3-2-6-22-18(14)24)19(27)23-28-10-13(26)9-25/h2-6,8,13,25-26H,7,9-10H2,1H3,(H,23,27)/t13-/m0/s1. The lowest BCUT2D eigenvalue weighted by Gasteiger charge is -2.11. The predicted molar refractivity (Wildman–Crippen MR) is 109 cm³/mol. The van der Waals surface area contributed by atoms with Crippen LogP contribution in [0.5, 0.6) is 0 Å². The number of carbonyl (C=O) groups excluding carboxylic acids is 1. The summed E-state index contributed by atoms with van der Waals surface area (Å²) >= 11 is 2.04. The summed E-state index contributed by atoms with van der Waals surface area (Å²) in [4.78, 5) is 22.1. The van der Waals surface area contributed by atoms with Crippen molar-refractivity contribution in [2.24, 2.45) is 7.05 Å². The molecule has 1 amide bonds. The number of aliphatic hydroxyl groups is 2. The lowest BCUT2D eigenvalue weighted by Crippen LogP contribution is -2.30. The maximum Gasteiger partial charge on any atom is 0.277 e. The Labute approximate surface area is 174 Å². The van der Waals surface area contributed by atoms with Crippen molar-refractivity contribution in [1.29, 1.82) is 0 Å². The van der Waals surface area contributed by atoms with Crippen molar-refractivity contribution < 1.29 is 24.2 Å². The first-order chi connectivity index (χ1) is 13.4. The Hall–Kier alpha value is -2.08. The van der Waals surface area contributed by atoms with E-state index in [1.807, 2.05) is 22.6 Å². The minimum Gasteiger partial charge on any atom is -0.394 e. The first-order valence-corrected chi connectivity index (χ1v) is 9.57. The van der Waals surface area contributed by atoms with Gasteiger partial charge in [-0.2, -0.15) is 0 Å². The van der Waals surface area contributed by atoms with Gasteiger partial charge in [0, 0.05) is 34.3 Å². The van der Waals surface area contributed by atoms with Crippen LogP contribution in [-0.2, 0) is 18.3 Å². The normalized spacial score (nSPS) is 12.3. The van der Waals surface area contributed by atoms with Crippen LogP contribution < -0.4 is 5.48 Å². The molecule has 2 heterocycles. The number of pyridine rings is 1. The van der Waals surface area contributed by atoms with Crippen LogP contribution in [0.4, 0.5) is 4.39 Å². The second-order valence-electron chi connectivity index (χ2n) is 6.25. The first kappa shape index (κ1) is 20.6.